The number of carbonyl (C=O) groups excluding carboxylic acids is 4. The second kappa shape index (κ2) is 9.85. The fraction of sp³-hybridized carbons (Fsp3) is 0.500. The molecule has 0 bridgehead atoms. The van der Waals surface area contributed by atoms with Gasteiger partial charge in [0, 0.05) is 6.54 Å². The van der Waals surface area contributed by atoms with Gasteiger partial charge in [0.25, 0.3) is 17.7 Å². The number of carbonyl (C=O) groups is 4. The van der Waals surface area contributed by atoms with Crippen molar-refractivity contribution in [3.8, 4) is 0 Å². The van der Waals surface area contributed by atoms with Gasteiger partial charge in [-0.2, -0.15) is 0 Å². The van der Waals surface area contributed by atoms with E-state index in [-0.39, 0.29) is 17.0 Å². The summed E-state index contributed by atoms with van der Waals surface area (Å²) < 4.78 is 4.91. The number of amides is 3. The van der Waals surface area contributed by atoms with E-state index in [9.17, 15) is 19.2 Å². The first-order chi connectivity index (χ1) is 13.0. The number of unbranched alkanes of at least 4 members (excludes halogenated alkanes) is 1. The van der Waals surface area contributed by atoms with Crippen molar-refractivity contribution in [1.29, 1.82) is 0 Å². The van der Waals surface area contributed by atoms with Crippen LogP contribution in [0.4, 0.5) is 0 Å². The lowest BCUT2D eigenvalue weighted by Crippen LogP contribution is -2.38. The van der Waals surface area contributed by atoms with Crippen molar-refractivity contribution in [3.63, 3.8) is 0 Å². The van der Waals surface area contributed by atoms with E-state index in [2.05, 4.69) is 19.2 Å². The van der Waals surface area contributed by atoms with Crippen LogP contribution in [0.5, 0.6) is 0 Å². The highest BCUT2D eigenvalue weighted by atomic mass is 16.5. The van der Waals surface area contributed by atoms with E-state index < -0.39 is 30.9 Å². The third-order valence-electron chi connectivity index (χ3n) is 4.66. The van der Waals surface area contributed by atoms with Crippen molar-refractivity contribution in [3.05, 3.63) is 35.4 Å². The number of esters is 1. The summed E-state index contributed by atoms with van der Waals surface area (Å²) in [6.07, 6.45) is 4.25. The zero-order valence-electron chi connectivity index (χ0n) is 15.8. The van der Waals surface area contributed by atoms with Crippen LogP contribution in [0.15, 0.2) is 24.3 Å². The molecule has 0 aromatic heterocycles. The zero-order chi connectivity index (χ0) is 19.8. The normalized spacial score (nSPS) is 14.1. The fourth-order valence-electron chi connectivity index (χ4n) is 2.96. The SMILES string of the molecule is CCCC[C@@H](CC)CNC(=O)COC(=O)CN1C(=O)c2ccccc2C1=O. The van der Waals surface area contributed by atoms with Crippen LogP contribution in [-0.4, -0.2) is 48.3 Å². The molecule has 1 heterocycles. The minimum absolute atomic E-state index is 0.269. The Bertz CT molecular complexity index is 681. The molecule has 1 aliphatic rings. The molecule has 1 aliphatic heterocycles. The minimum atomic E-state index is -0.794. The van der Waals surface area contributed by atoms with Gasteiger partial charge in [-0.25, -0.2) is 0 Å². The molecular weight excluding hydrogens is 348 g/mol. The Balaban J connectivity index is 1.76. The molecule has 0 fully saturated rings. The number of ether oxygens (including phenoxy) is 1. The maximum atomic E-state index is 12.2. The van der Waals surface area contributed by atoms with Crippen molar-refractivity contribution in [1.82, 2.24) is 10.2 Å². The van der Waals surface area contributed by atoms with Crippen molar-refractivity contribution in [2.24, 2.45) is 5.92 Å². The van der Waals surface area contributed by atoms with Crippen LogP contribution in [0.3, 0.4) is 0 Å². The molecule has 1 N–H and O–H groups in total. The molecule has 146 valence electrons. The van der Waals surface area contributed by atoms with Gasteiger partial charge >= 0.3 is 5.97 Å². The van der Waals surface area contributed by atoms with Gasteiger partial charge in [0.15, 0.2) is 6.61 Å². The van der Waals surface area contributed by atoms with Crippen molar-refractivity contribution in [2.75, 3.05) is 19.7 Å². The molecular formula is C20H26N2O5. The van der Waals surface area contributed by atoms with Gasteiger partial charge in [0.2, 0.25) is 0 Å². The minimum Gasteiger partial charge on any atom is -0.454 e. The summed E-state index contributed by atoms with van der Waals surface area (Å²) in [5, 5.41) is 2.76. The molecule has 0 saturated carbocycles. The number of hydrogen-bond acceptors (Lipinski definition) is 5. The lowest BCUT2D eigenvalue weighted by Gasteiger charge is -2.16. The highest BCUT2D eigenvalue weighted by Gasteiger charge is 2.36. The first-order valence-corrected chi connectivity index (χ1v) is 9.35. The van der Waals surface area contributed by atoms with Crippen molar-refractivity contribution in [2.45, 2.75) is 39.5 Å². The van der Waals surface area contributed by atoms with Crippen LogP contribution in [0, 0.1) is 5.92 Å². The quantitative estimate of drug-likeness (QED) is 0.500. The number of rotatable bonds is 10. The molecule has 3 amide bonds. The molecule has 0 aliphatic carbocycles. The topological polar surface area (TPSA) is 92.8 Å². The first-order valence-electron chi connectivity index (χ1n) is 9.35. The maximum Gasteiger partial charge on any atom is 0.326 e. The molecule has 7 heteroatoms. The van der Waals surface area contributed by atoms with Crippen LogP contribution >= 0.6 is 0 Å². The van der Waals surface area contributed by atoms with E-state index in [0.29, 0.717) is 12.5 Å². The summed E-state index contributed by atoms with van der Waals surface area (Å²) in [5.74, 6) is -1.83. The van der Waals surface area contributed by atoms with Gasteiger partial charge in [-0.05, 0) is 24.5 Å². The summed E-state index contributed by atoms with van der Waals surface area (Å²) in [4.78, 5) is 49.0. The third kappa shape index (κ3) is 5.39. The Morgan fingerprint density at radius 1 is 1.11 bits per heavy atom. The van der Waals surface area contributed by atoms with Gasteiger partial charge in [-0.3, -0.25) is 24.1 Å². The molecule has 7 nitrogen and oxygen atoms in total. The summed E-state index contributed by atoms with van der Waals surface area (Å²) in [6.45, 7) is 3.82. The molecule has 0 spiro atoms. The molecule has 1 aromatic carbocycles. The standard InChI is InChI=1S/C20H26N2O5/c1-3-5-8-14(4-2)11-21-17(23)13-27-18(24)12-22-19(25)15-9-6-7-10-16(15)20(22)26/h6-7,9-10,14H,3-5,8,11-13H2,1-2H3,(H,21,23)/t14-/m1/s1. The summed E-state index contributed by atoms with van der Waals surface area (Å²) in [6, 6.07) is 6.38. The summed E-state index contributed by atoms with van der Waals surface area (Å²) in [7, 11) is 0. The Kier molecular flexibility index (Phi) is 7.52. The Hall–Kier alpha value is -2.70. The second-order valence-corrected chi connectivity index (χ2v) is 6.62. The number of hydrogen-bond donors (Lipinski definition) is 1. The van der Waals surface area contributed by atoms with Crippen LogP contribution in [-0.2, 0) is 14.3 Å². The van der Waals surface area contributed by atoms with E-state index in [1.165, 1.54) is 12.1 Å². The van der Waals surface area contributed by atoms with Crippen molar-refractivity contribution < 1.29 is 23.9 Å². The van der Waals surface area contributed by atoms with Gasteiger partial charge in [-0.1, -0.05) is 45.2 Å². The fourth-order valence-corrected chi connectivity index (χ4v) is 2.96. The van der Waals surface area contributed by atoms with Crippen molar-refractivity contribution >= 4 is 23.7 Å². The van der Waals surface area contributed by atoms with E-state index >= 15 is 0 Å². The number of nitrogens with one attached hydrogen (secondary N) is 1. The number of fused-ring (bicyclic) bond motifs is 1. The lowest BCUT2D eigenvalue weighted by molar-refractivity contribution is -0.148. The van der Waals surface area contributed by atoms with E-state index in [0.717, 1.165) is 30.6 Å². The third-order valence-corrected chi connectivity index (χ3v) is 4.66. The summed E-state index contributed by atoms with van der Waals surface area (Å²) >= 11 is 0. The molecule has 1 aromatic rings. The average Bonchev–Trinajstić information content (AvgIpc) is 2.91. The Morgan fingerprint density at radius 3 is 2.30 bits per heavy atom. The van der Waals surface area contributed by atoms with Gasteiger partial charge in [0.05, 0.1) is 11.1 Å². The molecule has 0 radical (unpaired) electrons. The highest BCUT2D eigenvalue weighted by molar-refractivity contribution is 6.22. The zero-order valence-corrected chi connectivity index (χ0v) is 15.8. The number of benzene rings is 1. The van der Waals surface area contributed by atoms with Crippen LogP contribution in [0.1, 0.15) is 60.2 Å². The van der Waals surface area contributed by atoms with E-state index in [1.54, 1.807) is 12.1 Å². The molecule has 2 rings (SSSR count). The first kappa shape index (κ1) is 20.6. The monoisotopic (exact) mass is 374 g/mol. The summed E-state index contributed by atoms with van der Waals surface area (Å²) in [5.41, 5.74) is 0.538. The lowest BCUT2D eigenvalue weighted by atomic mass is 9.99. The largest absolute Gasteiger partial charge is 0.454 e. The van der Waals surface area contributed by atoms with Crippen LogP contribution in [0.2, 0.25) is 0 Å². The Morgan fingerprint density at radius 2 is 1.74 bits per heavy atom. The molecule has 0 saturated heterocycles. The smallest absolute Gasteiger partial charge is 0.326 e. The average molecular weight is 374 g/mol. The number of nitrogens with zero attached hydrogens (tertiary/aromatic N) is 1. The van der Waals surface area contributed by atoms with Crippen LogP contribution < -0.4 is 5.32 Å². The van der Waals surface area contributed by atoms with Gasteiger partial charge in [-0.15, -0.1) is 0 Å². The number of imide groups is 1. The second-order valence-electron chi connectivity index (χ2n) is 6.62. The van der Waals surface area contributed by atoms with Crippen LogP contribution in [0.25, 0.3) is 0 Å². The maximum absolute atomic E-state index is 12.2. The Labute approximate surface area is 159 Å². The predicted octanol–water partition coefficient (Wildman–Crippen LogP) is 2.16. The highest BCUT2D eigenvalue weighted by Crippen LogP contribution is 2.22. The van der Waals surface area contributed by atoms with Gasteiger partial charge < -0.3 is 10.1 Å². The molecule has 0 unspecified atom stereocenters. The van der Waals surface area contributed by atoms with E-state index in [1.807, 2.05) is 0 Å². The van der Waals surface area contributed by atoms with E-state index in [4.69, 9.17) is 4.74 Å². The molecule has 27 heavy (non-hydrogen) atoms. The molecule has 1 atom stereocenters. The predicted molar refractivity (Wildman–Crippen MR) is 99.1 cm³/mol. The van der Waals surface area contributed by atoms with Gasteiger partial charge in [0.1, 0.15) is 6.54 Å².